The first-order valence-electron chi connectivity index (χ1n) is 6.13. The molecule has 0 spiro atoms. The number of nitrogens with zero attached hydrogens (tertiary/aromatic N) is 1. The molecule has 4 heteroatoms. The molecule has 0 amide bonds. The van der Waals surface area contributed by atoms with Crippen LogP contribution in [0.25, 0.3) is 0 Å². The molecule has 1 aromatic rings. The molecule has 0 N–H and O–H groups in total. The average Bonchev–Trinajstić information content (AvgIpc) is 2.38. The van der Waals surface area contributed by atoms with Crippen LogP contribution in [0.15, 0.2) is 12.1 Å². The van der Waals surface area contributed by atoms with Crippen molar-refractivity contribution in [2.75, 3.05) is 33.6 Å². The second kappa shape index (κ2) is 7.54. The van der Waals surface area contributed by atoms with E-state index in [1.165, 1.54) is 11.1 Å². The average molecular weight is 269 g/mol. The first-order valence-corrected chi connectivity index (χ1v) is 6.76. The fourth-order valence-corrected chi connectivity index (χ4v) is 2.04. The molecule has 0 aliphatic heterocycles. The van der Waals surface area contributed by atoms with Crippen LogP contribution in [0.5, 0.6) is 11.5 Å². The summed E-state index contributed by atoms with van der Waals surface area (Å²) in [6.07, 6.45) is 1.10. The van der Waals surface area contributed by atoms with E-state index in [0.717, 1.165) is 36.8 Å². The van der Waals surface area contributed by atoms with Gasteiger partial charge in [-0.25, -0.2) is 0 Å². The molecule has 3 nitrogen and oxygen atoms in total. The molecular formula is C14H23NO2S. The number of aryl methyl sites for hydroxylation is 1. The zero-order valence-electron chi connectivity index (χ0n) is 11.7. The van der Waals surface area contributed by atoms with Gasteiger partial charge < -0.3 is 14.4 Å². The summed E-state index contributed by atoms with van der Waals surface area (Å²) in [5, 5.41) is 0. The second-order valence-electron chi connectivity index (χ2n) is 4.45. The summed E-state index contributed by atoms with van der Waals surface area (Å²) in [6, 6.07) is 4.09. The van der Waals surface area contributed by atoms with Crippen molar-refractivity contribution in [1.29, 1.82) is 0 Å². The zero-order valence-corrected chi connectivity index (χ0v) is 12.6. The van der Waals surface area contributed by atoms with Crippen LogP contribution in [0.1, 0.15) is 17.5 Å². The van der Waals surface area contributed by atoms with Crippen LogP contribution in [0.3, 0.4) is 0 Å². The minimum Gasteiger partial charge on any atom is -0.493 e. The first kappa shape index (κ1) is 15.2. The Morgan fingerprint density at radius 2 is 1.78 bits per heavy atom. The standard InChI is InChI=1S/C14H23NO2S/c1-11-8-13(16-3)14(17-4)9-12(11)10-15(2)6-5-7-18/h8-9,18H,5-7,10H2,1-4H3. The van der Waals surface area contributed by atoms with E-state index in [9.17, 15) is 0 Å². The van der Waals surface area contributed by atoms with E-state index in [1.807, 2.05) is 6.07 Å². The highest BCUT2D eigenvalue weighted by molar-refractivity contribution is 7.80. The van der Waals surface area contributed by atoms with Crippen molar-refractivity contribution in [1.82, 2.24) is 4.90 Å². The summed E-state index contributed by atoms with van der Waals surface area (Å²) in [4.78, 5) is 2.30. The molecule has 0 atom stereocenters. The lowest BCUT2D eigenvalue weighted by atomic mass is 10.1. The van der Waals surface area contributed by atoms with E-state index in [2.05, 4.69) is 37.6 Å². The highest BCUT2D eigenvalue weighted by Gasteiger charge is 2.10. The van der Waals surface area contributed by atoms with Crippen molar-refractivity contribution < 1.29 is 9.47 Å². The van der Waals surface area contributed by atoms with Gasteiger partial charge in [0.2, 0.25) is 0 Å². The van der Waals surface area contributed by atoms with Gasteiger partial charge in [0, 0.05) is 6.54 Å². The van der Waals surface area contributed by atoms with Crippen molar-refractivity contribution in [3.05, 3.63) is 23.3 Å². The third-order valence-corrected chi connectivity index (χ3v) is 3.30. The molecule has 102 valence electrons. The minimum atomic E-state index is 0.789. The molecule has 0 fully saturated rings. The van der Waals surface area contributed by atoms with Gasteiger partial charge in [-0.05, 0) is 55.9 Å². The molecule has 0 bridgehead atoms. The van der Waals surface area contributed by atoms with Crippen LogP contribution in [-0.4, -0.2) is 38.5 Å². The molecule has 1 rings (SSSR count). The Bertz CT molecular complexity index is 382. The molecule has 0 aliphatic rings. The van der Waals surface area contributed by atoms with Gasteiger partial charge in [-0.2, -0.15) is 12.6 Å². The molecule has 0 radical (unpaired) electrons. The Balaban J connectivity index is 2.82. The number of hydrogen-bond acceptors (Lipinski definition) is 4. The Morgan fingerprint density at radius 1 is 1.17 bits per heavy atom. The van der Waals surface area contributed by atoms with Gasteiger partial charge in [-0.15, -0.1) is 0 Å². The van der Waals surface area contributed by atoms with E-state index < -0.39 is 0 Å². The quantitative estimate of drug-likeness (QED) is 0.769. The topological polar surface area (TPSA) is 21.7 Å². The molecule has 0 saturated carbocycles. The largest absolute Gasteiger partial charge is 0.493 e. The molecule has 0 heterocycles. The van der Waals surface area contributed by atoms with E-state index >= 15 is 0 Å². The lowest BCUT2D eigenvalue weighted by molar-refractivity contribution is 0.324. The second-order valence-corrected chi connectivity index (χ2v) is 4.90. The molecule has 18 heavy (non-hydrogen) atoms. The predicted octanol–water partition coefficient (Wildman–Crippen LogP) is 2.76. The van der Waals surface area contributed by atoms with Crippen LogP contribution >= 0.6 is 12.6 Å². The van der Waals surface area contributed by atoms with Gasteiger partial charge in [0.25, 0.3) is 0 Å². The van der Waals surface area contributed by atoms with Gasteiger partial charge in [0.15, 0.2) is 11.5 Å². The minimum absolute atomic E-state index is 0.789. The summed E-state index contributed by atoms with van der Waals surface area (Å²) in [6.45, 7) is 4.07. The number of ether oxygens (including phenoxy) is 2. The summed E-state index contributed by atoms with van der Waals surface area (Å²) < 4.78 is 10.6. The highest BCUT2D eigenvalue weighted by atomic mass is 32.1. The van der Waals surface area contributed by atoms with Crippen molar-refractivity contribution >= 4 is 12.6 Å². The van der Waals surface area contributed by atoms with E-state index in [1.54, 1.807) is 14.2 Å². The summed E-state index contributed by atoms with van der Waals surface area (Å²) >= 11 is 4.24. The Morgan fingerprint density at radius 3 is 2.33 bits per heavy atom. The Kier molecular flexibility index (Phi) is 6.36. The van der Waals surface area contributed by atoms with Crippen LogP contribution < -0.4 is 9.47 Å². The maximum atomic E-state index is 5.34. The molecular weight excluding hydrogens is 246 g/mol. The highest BCUT2D eigenvalue weighted by Crippen LogP contribution is 2.30. The summed E-state index contributed by atoms with van der Waals surface area (Å²) in [7, 11) is 5.46. The van der Waals surface area contributed by atoms with Gasteiger partial charge >= 0.3 is 0 Å². The first-order chi connectivity index (χ1) is 8.62. The van der Waals surface area contributed by atoms with Gasteiger partial charge in [-0.3, -0.25) is 0 Å². The lowest BCUT2D eigenvalue weighted by Crippen LogP contribution is -2.20. The number of benzene rings is 1. The normalized spacial score (nSPS) is 10.8. The molecule has 0 aromatic heterocycles. The number of thiol groups is 1. The van der Waals surface area contributed by atoms with Gasteiger partial charge in [0.05, 0.1) is 14.2 Å². The fraction of sp³-hybridized carbons (Fsp3) is 0.571. The fourth-order valence-electron chi connectivity index (χ4n) is 1.90. The van der Waals surface area contributed by atoms with Crippen LogP contribution in [-0.2, 0) is 6.54 Å². The number of rotatable bonds is 7. The van der Waals surface area contributed by atoms with Crippen LogP contribution in [0.2, 0.25) is 0 Å². The molecule has 1 aromatic carbocycles. The number of hydrogen-bond donors (Lipinski definition) is 1. The Labute approximate surface area is 115 Å². The van der Waals surface area contributed by atoms with Crippen molar-refractivity contribution in [3.8, 4) is 11.5 Å². The molecule has 0 saturated heterocycles. The van der Waals surface area contributed by atoms with Gasteiger partial charge in [0.1, 0.15) is 0 Å². The SMILES string of the molecule is COc1cc(C)c(CN(C)CCCS)cc1OC. The summed E-state index contributed by atoms with van der Waals surface area (Å²) in [5.74, 6) is 2.51. The third-order valence-electron chi connectivity index (χ3n) is 2.98. The smallest absolute Gasteiger partial charge is 0.161 e. The van der Waals surface area contributed by atoms with E-state index in [0.29, 0.717) is 0 Å². The van der Waals surface area contributed by atoms with E-state index in [4.69, 9.17) is 9.47 Å². The lowest BCUT2D eigenvalue weighted by Gasteiger charge is -2.19. The van der Waals surface area contributed by atoms with Crippen LogP contribution in [0, 0.1) is 6.92 Å². The van der Waals surface area contributed by atoms with Gasteiger partial charge in [-0.1, -0.05) is 0 Å². The van der Waals surface area contributed by atoms with Crippen molar-refractivity contribution in [2.24, 2.45) is 0 Å². The van der Waals surface area contributed by atoms with Crippen LogP contribution in [0.4, 0.5) is 0 Å². The Hall–Kier alpha value is -0.870. The predicted molar refractivity (Wildman–Crippen MR) is 79.1 cm³/mol. The zero-order chi connectivity index (χ0) is 13.5. The monoisotopic (exact) mass is 269 g/mol. The molecule has 0 aliphatic carbocycles. The third kappa shape index (κ3) is 4.10. The van der Waals surface area contributed by atoms with E-state index in [-0.39, 0.29) is 0 Å². The maximum Gasteiger partial charge on any atom is 0.161 e. The van der Waals surface area contributed by atoms with Crippen molar-refractivity contribution in [3.63, 3.8) is 0 Å². The number of methoxy groups -OCH3 is 2. The maximum absolute atomic E-state index is 5.34. The molecule has 0 unspecified atom stereocenters. The summed E-state index contributed by atoms with van der Waals surface area (Å²) in [5.41, 5.74) is 2.50. The van der Waals surface area contributed by atoms with Crippen molar-refractivity contribution in [2.45, 2.75) is 19.9 Å².